The van der Waals surface area contributed by atoms with Gasteiger partial charge in [0.05, 0.1) is 6.21 Å². The van der Waals surface area contributed by atoms with Crippen LogP contribution < -0.4 is 5.43 Å². The van der Waals surface area contributed by atoms with Crippen LogP contribution in [0, 0.1) is 0 Å². The number of alkyl halides is 1. The zero-order valence-corrected chi connectivity index (χ0v) is 5.51. The summed E-state index contributed by atoms with van der Waals surface area (Å²) < 4.78 is 0. The van der Waals surface area contributed by atoms with Crippen LogP contribution in [0.15, 0.2) is 5.10 Å². The third-order valence-corrected chi connectivity index (χ3v) is 1.12. The number of hydrogen-bond donors (Lipinski definition) is 1. The van der Waals surface area contributed by atoms with Gasteiger partial charge in [0, 0.05) is 7.05 Å². The predicted octanol–water partition coefficient (Wildman–Crippen LogP) is 0.143. The first-order valence-corrected chi connectivity index (χ1v) is 2.88. The summed E-state index contributed by atoms with van der Waals surface area (Å²) in [6.45, 7) is 0. The second-order valence-corrected chi connectivity index (χ2v) is 2.31. The summed E-state index contributed by atoms with van der Waals surface area (Å²) in [5, 5.41) is 5.52. The molecule has 7 heavy (non-hydrogen) atoms. The first-order valence-electron chi connectivity index (χ1n) is 1.97. The first kappa shape index (κ1) is 5.05. The average Bonchev–Trinajstić information content (AvgIpc) is 1.87. The van der Waals surface area contributed by atoms with Crippen LogP contribution in [0.1, 0.15) is 0 Å². The van der Waals surface area contributed by atoms with Crippen LogP contribution in [0.3, 0.4) is 0 Å². The van der Waals surface area contributed by atoms with Gasteiger partial charge in [-0.25, -0.2) is 5.12 Å². The van der Waals surface area contributed by atoms with Crippen molar-refractivity contribution in [3.63, 3.8) is 0 Å². The van der Waals surface area contributed by atoms with Crippen LogP contribution in [0.5, 0.6) is 0 Å². The molecule has 1 aliphatic heterocycles. The summed E-state index contributed by atoms with van der Waals surface area (Å²) in [5.41, 5.74) is 2.94. The molecule has 0 spiro atoms. The molecular formula is C3H6BrN3. The van der Waals surface area contributed by atoms with Crippen LogP contribution in [0.2, 0.25) is 0 Å². The van der Waals surface area contributed by atoms with Crippen LogP contribution in [0.4, 0.5) is 0 Å². The molecule has 0 aromatic carbocycles. The molecule has 1 N–H and O–H groups in total. The normalized spacial score (nSPS) is 29.4. The summed E-state index contributed by atoms with van der Waals surface area (Å²) in [5.74, 6) is 0. The molecule has 1 heterocycles. The van der Waals surface area contributed by atoms with Gasteiger partial charge >= 0.3 is 0 Å². The smallest absolute Gasteiger partial charge is 0.120 e. The standard InChI is InChI=1S/C3H6BrN3/c1-7-5-2-3(4)6-7/h2-3,6H,1H3. The van der Waals surface area contributed by atoms with E-state index >= 15 is 0 Å². The van der Waals surface area contributed by atoms with Crippen molar-refractivity contribution in [3.8, 4) is 0 Å². The Morgan fingerprint density at radius 1 is 2.00 bits per heavy atom. The lowest BCUT2D eigenvalue weighted by Crippen LogP contribution is -2.28. The summed E-state index contributed by atoms with van der Waals surface area (Å²) in [6.07, 6.45) is 1.78. The Hall–Kier alpha value is -0.0900. The Morgan fingerprint density at radius 3 is 2.86 bits per heavy atom. The van der Waals surface area contributed by atoms with E-state index in [1.165, 1.54) is 0 Å². The van der Waals surface area contributed by atoms with E-state index in [2.05, 4.69) is 26.5 Å². The molecule has 0 aromatic heterocycles. The third kappa shape index (κ3) is 1.14. The van der Waals surface area contributed by atoms with Gasteiger partial charge in [0.15, 0.2) is 0 Å². The molecular weight excluding hydrogens is 158 g/mol. The van der Waals surface area contributed by atoms with Gasteiger partial charge in [-0.15, -0.1) is 0 Å². The van der Waals surface area contributed by atoms with E-state index in [4.69, 9.17) is 0 Å². The van der Waals surface area contributed by atoms with Crippen LogP contribution in [0.25, 0.3) is 0 Å². The van der Waals surface area contributed by atoms with Crippen molar-refractivity contribution in [1.29, 1.82) is 0 Å². The highest BCUT2D eigenvalue weighted by Gasteiger charge is 2.06. The van der Waals surface area contributed by atoms with E-state index in [-0.39, 0.29) is 4.95 Å². The van der Waals surface area contributed by atoms with Gasteiger partial charge in [-0.2, -0.15) is 10.5 Å². The van der Waals surface area contributed by atoms with Crippen LogP contribution in [-0.4, -0.2) is 23.3 Å². The van der Waals surface area contributed by atoms with Gasteiger partial charge in [-0.05, 0) is 0 Å². The molecule has 0 radical (unpaired) electrons. The van der Waals surface area contributed by atoms with Gasteiger partial charge in [0.25, 0.3) is 0 Å². The molecule has 1 atom stereocenters. The van der Waals surface area contributed by atoms with Crippen molar-refractivity contribution >= 4 is 22.1 Å². The predicted molar refractivity (Wildman–Crippen MR) is 32.1 cm³/mol. The third-order valence-electron chi connectivity index (χ3n) is 0.681. The summed E-state index contributed by atoms with van der Waals surface area (Å²) in [7, 11) is 1.84. The maximum atomic E-state index is 3.87. The average molecular weight is 164 g/mol. The fraction of sp³-hybridized carbons (Fsp3) is 0.667. The van der Waals surface area contributed by atoms with Gasteiger partial charge in [-0.3, -0.25) is 0 Å². The summed E-state index contributed by atoms with van der Waals surface area (Å²) in [6, 6.07) is 0. The summed E-state index contributed by atoms with van der Waals surface area (Å²) >= 11 is 3.28. The lowest BCUT2D eigenvalue weighted by Gasteiger charge is -2.05. The highest BCUT2D eigenvalue weighted by atomic mass is 79.9. The molecule has 1 aliphatic rings. The Bertz CT molecular complexity index is 82.2. The second kappa shape index (κ2) is 1.79. The van der Waals surface area contributed by atoms with Gasteiger partial charge in [-0.1, -0.05) is 15.9 Å². The number of nitrogens with one attached hydrogen (secondary N) is 1. The number of hydrogen-bond acceptors (Lipinski definition) is 3. The zero-order chi connectivity index (χ0) is 5.28. The highest BCUT2D eigenvalue weighted by molar-refractivity contribution is 9.09. The fourth-order valence-electron chi connectivity index (χ4n) is 0.404. The molecule has 0 aromatic rings. The molecule has 0 saturated heterocycles. The minimum atomic E-state index is 0.220. The van der Waals surface area contributed by atoms with Crippen molar-refractivity contribution < 1.29 is 0 Å². The first-order chi connectivity index (χ1) is 3.29. The Kier molecular flexibility index (Phi) is 1.30. The van der Waals surface area contributed by atoms with E-state index in [1.54, 1.807) is 11.3 Å². The molecule has 0 aliphatic carbocycles. The lowest BCUT2D eigenvalue weighted by atomic mass is 10.8. The van der Waals surface area contributed by atoms with Gasteiger partial charge in [0.2, 0.25) is 0 Å². The van der Waals surface area contributed by atoms with Crippen LogP contribution >= 0.6 is 15.9 Å². The van der Waals surface area contributed by atoms with E-state index in [9.17, 15) is 0 Å². The molecule has 1 rings (SSSR count). The molecule has 4 heteroatoms. The number of nitrogens with zero attached hydrogens (tertiary/aromatic N) is 2. The number of rotatable bonds is 0. The van der Waals surface area contributed by atoms with Crippen molar-refractivity contribution in [3.05, 3.63) is 0 Å². The quantitative estimate of drug-likeness (QED) is 0.407. The van der Waals surface area contributed by atoms with Crippen molar-refractivity contribution in [1.82, 2.24) is 10.5 Å². The highest BCUT2D eigenvalue weighted by Crippen LogP contribution is 1.97. The topological polar surface area (TPSA) is 27.6 Å². The molecule has 1 unspecified atom stereocenters. The maximum absolute atomic E-state index is 3.87. The SMILES string of the molecule is CN1N=CC(Br)N1. The molecule has 0 amide bonds. The maximum Gasteiger partial charge on any atom is 0.120 e. The van der Waals surface area contributed by atoms with Crippen molar-refractivity contribution in [2.24, 2.45) is 5.10 Å². The Morgan fingerprint density at radius 2 is 2.71 bits per heavy atom. The van der Waals surface area contributed by atoms with Gasteiger partial charge < -0.3 is 0 Å². The van der Waals surface area contributed by atoms with E-state index in [0.717, 1.165) is 0 Å². The van der Waals surface area contributed by atoms with Crippen LogP contribution in [-0.2, 0) is 0 Å². The Balaban J connectivity index is 2.42. The molecule has 3 nitrogen and oxygen atoms in total. The largest absolute Gasteiger partial charge is 0.232 e. The number of hydrazone groups is 1. The van der Waals surface area contributed by atoms with Gasteiger partial charge in [0.1, 0.15) is 4.95 Å². The number of hydrazine groups is 1. The monoisotopic (exact) mass is 163 g/mol. The second-order valence-electron chi connectivity index (χ2n) is 1.32. The van der Waals surface area contributed by atoms with E-state index in [1.807, 2.05) is 7.05 Å². The lowest BCUT2D eigenvalue weighted by molar-refractivity contribution is 0.284. The number of halogens is 1. The minimum Gasteiger partial charge on any atom is -0.232 e. The van der Waals surface area contributed by atoms with E-state index < -0.39 is 0 Å². The molecule has 0 bridgehead atoms. The van der Waals surface area contributed by atoms with E-state index in [0.29, 0.717) is 0 Å². The van der Waals surface area contributed by atoms with Crippen molar-refractivity contribution in [2.75, 3.05) is 7.05 Å². The van der Waals surface area contributed by atoms with Crippen molar-refractivity contribution in [2.45, 2.75) is 4.95 Å². The minimum absolute atomic E-state index is 0.220. The Labute approximate surface area is 50.5 Å². The molecule has 0 saturated carbocycles. The summed E-state index contributed by atoms with van der Waals surface area (Å²) in [4.78, 5) is 0.220. The molecule has 0 fully saturated rings. The molecule has 40 valence electrons. The fourth-order valence-corrected chi connectivity index (χ4v) is 0.806. The zero-order valence-electron chi connectivity index (χ0n) is 3.93.